The van der Waals surface area contributed by atoms with Gasteiger partial charge in [0.25, 0.3) is 0 Å². The van der Waals surface area contributed by atoms with Crippen LogP contribution >= 0.6 is 0 Å². The zero-order valence-corrected chi connectivity index (χ0v) is 13.0. The van der Waals surface area contributed by atoms with Crippen molar-refractivity contribution < 1.29 is 8.42 Å². The Morgan fingerprint density at radius 3 is 2.42 bits per heavy atom. The fraction of sp³-hybridized carbons (Fsp3) is 1.00. The summed E-state index contributed by atoms with van der Waals surface area (Å²) in [5.41, 5.74) is 0. The zero-order chi connectivity index (χ0) is 13.9. The van der Waals surface area contributed by atoms with Gasteiger partial charge in [0.05, 0.1) is 5.75 Å². The average Bonchev–Trinajstić information content (AvgIpc) is 2.39. The second kappa shape index (κ2) is 6.52. The SMILES string of the molecule is CC(C)N1CCN(S(=O)(=O)CC2CCCNC2)CC1. The van der Waals surface area contributed by atoms with Gasteiger partial charge in [-0.2, -0.15) is 4.31 Å². The average molecular weight is 289 g/mol. The maximum Gasteiger partial charge on any atom is 0.214 e. The molecule has 2 rings (SSSR count). The van der Waals surface area contributed by atoms with Crippen molar-refractivity contribution in [3.63, 3.8) is 0 Å². The van der Waals surface area contributed by atoms with Crippen molar-refractivity contribution in [2.24, 2.45) is 5.92 Å². The van der Waals surface area contributed by atoms with E-state index in [1.165, 1.54) is 0 Å². The van der Waals surface area contributed by atoms with E-state index < -0.39 is 10.0 Å². The van der Waals surface area contributed by atoms with Crippen LogP contribution in [0.3, 0.4) is 0 Å². The summed E-state index contributed by atoms with van der Waals surface area (Å²) >= 11 is 0. The predicted octanol–water partition coefficient (Wildman–Crippen LogP) is 0.342. The third-order valence-electron chi connectivity index (χ3n) is 4.24. The number of sulfonamides is 1. The lowest BCUT2D eigenvalue weighted by molar-refractivity contribution is 0.153. The Morgan fingerprint density at radius 2 is 1.89 bits per heavy atom. The van der Waals surface area contributed by atoms with Crippen LogP contribution in [0.2, 0.25) is 0 Å². The Bertz CT molecular complexity index is 369. The van der Waals surface area contributed by atoms with Crippen LogP contribution in [0, 0.1) is 5.92 Å². The molecule has 0 amide bonds. The molecule has 0 aromatic rings. The Hall–Kier alpha value is -0.170. The molecule has 0 saturated carbocycles. The van der Waals surface area contributed by atoms with Gasteiger partial charge >= 0.3 is 0 Å². The highest BCUT2D eigenvalue weighted by Crippen LogP contribution is 2.17. The minimum absolute atomic E-state index is 0.293. The molecule has 0 aromatic heterocycles. The highest BCUT2D eigenvalue weighted by Gasteiger charge is 2.30. The van der Waals surface area contributed by atoms with Crippen LogP contribution in [0.15, 0.2) is 0 Å². The van der Waals surface area contributed by atoms with Crippen LogP contribution in [0.1, 0.15) is 26.7 Å². The van der Waals surface area contributed by atoms with Crippen LogP contribution in [0.4, 0.5) is 0 Å². The molecule has 5 nitrogen and oxygen atoms in total. The van der Waals surface area contributed by atoms with Crippen LogP contribution in [-0.2, 0) is 10.0 Å². The Kier molecular flexibility index (Phi) is 5.22. The Morgan fingerprint density at radius 1 is 1.21 bits per heavy atom. The number of hydrogen-bond donors (Lipinski definition) is 1. The molecule has 2 aliphatic rings. The molecule has 0 radical (unpaired) electrons. The molecular formula is C13H27N3O2S. The van der Waals surface area contributed by atoms with Gasteiger partial charge in [-0.3, -0.25) is 4.90 Å². The monoisotopic (exact) mass is 289 g/mol. The molecule has 2 fully saturated rings. The molecule has 0 aliphatic carbocycles. The summed E-state index contributed by atoms with van der Waals surface area (Å²) < 4.78 is 26.5. The van der Waals surface area contributed by atoms with Crippen LogP contribution in [-0.4, -0.2) is 68.7 Å². The maximum absolute atomic E-state index is 12.4. The molecule has 0 bridgehead atoms. The lowest BCUT2D eigenvalue weighted by atomic mass is 10.0. The molecule has 6 heteroatoms. The molecule has 1 atom stereocenters. The van der Waals surface area contributed by atoms with Gasteiger partial charge in [0.1, 0.15) is 0 Å². The quantitative estimate of drug-likeness (QED) is 0.811. The largest absolute Gasteiger partial charge is 0.316 e. The van der Waals surface area contributed by atoms with Crippen LogP contribution in [0.5, 0.6) is 0 Å². The van der Waals surface area contributed by atoms with Crippen molar-refractivity contribution in [2.75, 3.05) is 45.0 Å². The summed E-state index contributed by atoms with van der Waals surface area (Å²) in [6.07, 6.45) is 2.14. The maximum atomic E-state index is 12.4. The van der Waals surface area contributed by atoms with Gasteiger partial charge in [-0.1, -0.05) is 0 Å². The van der Waals surface area contributed by atoms with Crippen molar-refractivity contribution in [2.45, 2.75) is 32.7 Å². The third kappa shape index (κ3) is 4.15. The smallest absolute Gasteiger partial charge is 0.214 e. The molecule has 0 spiro atoms. The van der Waals surface area contributed by atoms with Crippen LogP contribution in [0.25, 0.3) is 0 Å². The van der Waals surface area contributed by atoms with Crippen molar-refractivity contribution in [3.05, 3.63) is 0 Å². The fourth-order valence-corrected chi connectivity index (χ4v) is 4.78. The molecule has 2 heterocycles. The highest BCUT2D eigenvalue weighted by molar-refractivity contribution is 7.89. The van der Waals surface area contributed by atoms with Gasteiger partial charge in [0, 0.05) is 32.2 Å². The topological polar surface area (TPSA) is 52.7 Å². The number of hydrogen-bond acceptors (Lipinski definition) is 4. The van der Waals surface area contributed by atoms with Gasteiger partial charge < -0.3 is 5.32 Å². The number of nitrogens with one attached hydrogen (secondary N) is 1. The lowest BCUT2D eigenvalue weighted by Crippen LogP contribution is -2.52. The number of nitrogens with zero attached hydrogens (tertiary/aromatic N) is 2. The molecule has 0 aromatic carbocycles. The molecule has 2 aliphatic heterocycles. The highest BCUT2D eigenvalue weighted by atomic mass is 32.2. The minimum atomic E-state index is -3.07. The first-order valence-electron chi connectivity index (χ1n) is 7.41. The van der Waals surface area contributed by atoms with E-state index in [2.05, 4.69) is 24.1 Å². The molecule has 1 unspecified atom stereocenters. The van der Waals surface area contributed by atoms with Gasteiger partial charge in [0.15, 0.2) is 0 Å². The summed E-state index contributed by atoms with van der Waals surface area (Å²) in [6, 6.07) is 0.507. The zero-order valence-electron chi connectivity index (χ0n) is 12.1. The van der Waals surface area contributed by atoms with E-state index in [1.54, 1.807) is 4.31 Å². The van der Waals surface area contributed by atoms with Gasteiger partial charge in [-0.15, -0.1) is 0 Å². The summed E-state index contributed by atoms with van der Waals surface area (Å²) in [5.74, 6) is 0.615. The normalized spacial score (nSPS) is 27.8. The first kappa shape index (κ1) is 15.2. The van der Waals surface area contributed by atoms with E-state index in [9.17, 15) is 8.42 Å². The van der Waals surface area contributed by atoms with E-state index in [-0.39, 0.29) is 0 Å². The molecule has 1 N–H and O–H groups in total. The predicted molar refractivity (Wildman–Crippen MR) is 77.7 cm³/mol. The second-order valence-electron chi connectivity index (χ2n) is 6.02. The molecular weight excluding hydrogens is 262 g/mol. The van der Waals surface area contributed by atoms with Crippen molar-refractivity contribution in [1.82, 2.24) is 14.5 Å². The van der Waals surface area contributed by atoms with E-state index >= 15 is 0 Å². The summed E-state index contributed by atoms with van der Waals surface area (Å²) in [6.45, 7) is 9.24. The van der Waals surface area contributed by atoms with Crippen molar-refractivity contribution in [1.29, 1.82) is 0 Å². The van der Waals surface area contributed by atoms with Gasteiger partial charge in [-0.25, -0.2) is 8.42 Å². The molecule has 112 valence electrons. The fourth-order valence-electron chi connectivity index (χ4n) is 2.97. The van der Waals surface area contributed by atoms with Crippen LogP contribution < -0.4 is 5.32 Å². The minimum Gasteiger partial charge on any atom is -0.316 e. The first-order chi connectivity index (χ1) is 8.99. The molecule has 2 saturated heterocycles. The lowest BCUT2D eigenvalue weighted by Gasteiger charge is -2.37. The second-order valence-corrected chi connectivity index (χ2v) is 8.03. The van der Waals surface area contributed by atoms with E-state index in [4.69, 9.17) is 0 Å². The van der Waals surface area contributed by atoms with E-state index in [0.29, 0.717) is 30.8 Å². The molecule has 19 heavy (non-hydrogen) atoms. The van der Waals surface area contributed by atoms with Crippen molar-refractivity contribution in [3.8, 4) is 0 Å². The van der Waals surface area contributed by atoms with Gasteiger partial charge in [-0.05, 0) is 45.7 Å². The Labute approximate surface area is 117 Å². The number of piperidine rings is 1. The summed E-state index contributed by atoms with van der Waals surface area (Å²) in [4.78, 5) is 2.34. The van der Waals surface area contributed by atoms with E-state index in [1.807, 2.05) is 0 Å². The summed E-state index contributed by atoms with van der Waals surface area (Å²) in [5, 5.41) is 3.29. The van der Waals surface area contributed by atoms with Crippen molar-refractivity contribution >= 4 is 10.0 Å². The van der Waals surface area contributed by atoms with E-state index in [0.717, 1.165) is 39.0 Å². The number of rotatable bonds is 4. The number of piperazine rings is 1. The Balaban J connectivity index is 1.86. The third-order valence-corrected chi connectivity index (χ3v) is 6.29. The standard InChI is InChI=1S/C13H27N3O2S/c1-12(2)15-6-8-16(9-7-15)19(17,18)11-13-4-3-5-14-10-13/h12-14H,3-11H2,1-2H3. The first-order valence-corrected chi connectivity index (χ1v) is 9.02. The van der Waals surface area contributed by atoms with Gasteiger partial charge in [0.2, 0.25) is 10.0 Å². The summed E-state index contributed by atoms with van der Waals surface area (Å²) in [7, 11) is -3.07.